The molecule has 0 aliphatic heterocycles. The van der Waals surface area contributed by atoms with E-state index in [0.29, 0.717) is 5.13 Å². The fourth-order valence-corrected chi connectivity index (χ4v) is 2.63. The molecule has 2 aromatic heterocycles. The van der Waals surface area contributed by atoms with E-state index in [4.69, 9.17) is 5.73 Å². The minimum atomic E-state index is 0.486. The minimum absolute atomic E-state index is 0.486. The lowest BCUT2D eigenvalue weighted by Crippen LogP contribution is -1.89. The summed E-state index contributed by atoms with van der Waals surface area (Å²) in [5.74, 6) is 0. The van der Waals surface area contributed by atoms with Crippen LogP contribution in [0.4, 0.5) is 5.13 Å². The Morgan fingerprint density at radius 1 is 1.11 bits per heavy atom. The smallest absolute Gasteiger partial charge is 0.203 e. The summed E-state index contributed by atoms with van der Waals surface area (Å²) in [5.41, 5.74) is 9.85. The number of nitrogen functional groups attached to an aromatic ring is 1. The van der Waals surface area contributed by atoms with Crippen LogP contribution < -0.4 is 5.73 Å². The van der Waals surface area contributed by atoms with Crippen molar-refractivity contribution in [2.24, 2.45) is 0 Å². The average Bonchev–Trinajstić information content (AvgIpc) is 2.75. The summed E-state index contributed by atoms with van der Waals surface area (Å²) in [5, 5.41) is 10.4. The van der Waals surface area contributed by atoms with E-state index in [1.165, 1.54) is 16.9 Å². The molecule has 0 aliphatic rings. The molecule has 0 fully saturated rings. The Morgan fingerprint density at radius 2 is 1.94 bits per heavy atom. The first-order valence-electron chi connectivity index (χ1n) is 5.61. The largest absolute Gasteiger partial charge is 0.374 e. The van der Waals surface area contributed by atoms with Crippen molar-refractivity contribution in [3.05, 3.63) is 35.5 Å². The third-order valence-corrected chi connectivity index (χ3v) is 3.55. The average molecular weight is 256 g/mol. The van der Waals surface area contributed by atoms with Gasteiger partial charge in [0.25, 0.3) is 0 Å². The number of fused-ring (bicyclic) bond motifs is 1. The van der Waals surface area contributed by atoms with E-state index in [1.807, 2.05) is 19.1 Å². The molecule has 2 N–H and O–H groups in total. The molecule has 0 unspecified atom stereocenters. The van der Waals surface area contributed by atoms with Gasteiger partial charge >= 0.3 is 0 Å². The van der Waals surface area contributed by atoms with E-state index >= 15 is 0 Å². The molecule has 0 saturated heterocycles. The molecule has 90 valence electrons. The van der Waals surface area contributed by atoms with E-state index in [1.54, 1.807) is 0 Å². The number of nitrogens with zero attached hydrogens (tertiary/aromatic N) is 3. The number of aryl methyl sites for hydroxylation is 2. The Kier molecular flexibility index (Phi) is 2.48. The first-order chi connectivity index (χ1) is 8.63. The van der Waals surface area contributed by atoms with Crippen molar-refractivity contribution in [3.63, 3.8) is 0 Å². The molecule has 0 radical (unpaired) electrons. The van der Waals surface area contributed by atoms with Gasteiger partial charge in [0.15, 0.2) is 0 Å². The fraction of sp³-hybridized carbons (Fsp3) is 0.154. The number of benzene rings is 1. The number of rotatable bonds is 1. The summed E-state index contributed by atoms with van der Waals surface area (Å²) in [6.45, 7) is 4.05. The van der Waals surface area contributed by atoms with Gasteiger partial charge in [-0.1, -0.05) is 23.0 Å². The molecule has 0 aliphatic carbocycles. The highest BCUT2D eigenvalue weighted by atomic mass is 32.1. The summed E-state index contributed by atoms with van der Waals surface area (Å²) < 4.78 is 0. The zero-order valence-corrected chi connectivity index (χ0v) is 11.0. The third-order valence-electron chi connectivity index (χ3n) is 2.76. The van der Waals surface area contributed by atoms with Crippen LogP contribution in [-0.4, -0.2) is 15.2 Å². The second-order valence-corrected chi connectivity index (χ2v) is 5.29. The van der Waals surface area contributed by atoms with Crippen LogP contribution in [0.1, 0.15) is 11.3 Å². The van der Waals surface area contributed by atoms with Gasteiger partial charge in [-0.25, -0.2) is 0 Å². The Bertz CT molecular complexity index is 733. The predicted octanol–water partition coefficient (Wildman–Crippen LogP) is 2.95. The van der Waals surface area contributed by atoms with Crippen LogP contribution in [0, 0.1) is 13.8 Å². The second kappa shape index (κ2) is 4.03. The number of nitrogens with two attached hydrogens (primary N) is 1. The Balaban J connectivity index is 2.36. The first-order valence-corrected chi connectivity index (χ1v) is 6.42. The van der Waals surface area contributed by atoms with Gasteiger partial charge < -0.3 is 5.73 Å². The molecule has 4 nitrogen and oxygen atoms in total. The molecular weight excluding hydrogens is 244 g/mol. The van der Waals surface area contributed by atoms with Gasteiger partial charge in [0.2, 0.25) is 5.13 Å². The van der Waals surface area contributed by atoms with Crippen molar-refractivity contribution in [2.75, 3.05) is 5.73 Å². The normalized spacial score (nSPS) is 11.0. The molecule has 1 aromatic carbocycles. The summed E-state index contributed by atoms with van der Waals surface area (Å²) in [6, 6.07) is 8.25. The monoisotopic (exact) mass is 256 g/mol. The molecule has 0 amide bonds. The summed E-state index contributed by atoms with van der Waals surface area (Å²) in [4.78, 5) is 4.53. The molecule has 3 rings (SSSR count). The second-order valence-electron chi connectivity index (χ2n) is 4.28. The van der Waals surface area contributed by atoms with E-state index in [9.17, 15) is 0 Å². The highest BCUT2D eigenvalue weighted by Crippen LogP contribution is 2.31. The van der Waals surface area contributed by atoms with E-state index in [2.05, 4.69) is 34.2 Å². The van der Waals surface area contributed by atoms with Crippen LogP contribution in [0.25, 0.3) is 21.5 Å². The molecular formula is C13H12N4S. The van der Waals surface area contributed by atoms with E-state index in [0.717, 1.165) is 27.2 Å². The molecule has 0 spiro atoms. The van der Waals surface area contributed by atoms with Crippen LogP contribution in [-0.2, 0) is 0 Å². The highest BCUT2D eigenvalue weighted by molar-refractivity contribution is 7.18. The zero-order chi connectivity index (χ0) is 12.7. The summed E-state index contributed by atoms with van der Waals surface area (Å²) in [7, 11) is 0. The lowest BCUT2D eigenvalue weighted by atomic mass is 10.1. The molecule has 0 saturated carbocycles. The Labute approximate surface area is 109 Å². The number of hydrogen-bond acceptors (Lipinski definition) is 5. The van der Waals surface area contributed by atoms with Crippen LogP contribution in [0.5, 0.6) is 0 Å². The van der Waals surface area contributed by atoms with Crippen LogP contribution in [0.15, 0.2) is 24.3 Å². The number of aromatic nitrogens is 3. The minimum Gasteiger partial charge on any atom is -0.374 e. The predicted molar refractivity (Wildman–Crippen MR) is 74.5 cm³/mol. The topological polar surface area (TPSA) is 64.7 Å². The third kappa shape index (κ3) is 1.82. The first kappa shape index (κ1) is 11.1. The van der Waals surface area contributed by atoms with Gasteiger partial charge in [0.05, 0.1) is 5.52 Å². The van der Waals surface area contributed by atoms with Crippen LogP contribution >= 0.6 is 11.3 Å². The molecule has 18 heavy (non-hydrogen) atoms. The molecule has 5 heteroatoms. The molecule has 0 bridgehead atoms. The van der Waals surface area contributed by atoms with Gasteiger partial charge in [-0.2, -0.15) is 0 Å². The van der Waals surface area contributed by atoms with Gasteiger partial charge in [-0.3, -0.25) is 4.98 Å². The standard InChI is InChI=1S/C13H12N4S/c1-7-3-4-11-9(5-7)10(6-8(2)15-11)12-16-17-13(14)18-12/h3-6H,1-2H3,(H2,14,17). The van der Waals surface area contributed by atoms with Crippen molar-refractivity contribution < 1.29 is 0 Å². The SMILES string of the molecule is Cc1ccc2nc(C)cc(-c3nnc(N)s3)c2c1. The number of hydrogen-bond donors (Lipinski definition) is 1. The van der Waals surface area contributed by atoms with Gasteiger partial charge in [0, 0.05) is 16.6 Å². The van der Waals surface area contributed by atoms with E-state index in [-0.39, 0.29) is 0 Å². The van der Waals surface area contributed by atoms with Crippen LogP contribution in [0.3, 0.4) is 0 Å². The Hall–Kier alpha value is -2.01. The molecule has 3 aromatic rings. The van der Waals surface area contributed by atoms with Crippen molar-refractivity contribution in [3.8, 4) is 10.6 Å². The zero-order valence-electron chi connectivity index (χ0n) is 10.1. The quantitative estimate of drug-likeness (QED) is 0.727. The van der Waals surface area contributed by atoms with Gasteiger partial charge in [-0.15, -0.1) is 10.2 Å². The Morgan fingerprint density at radius 3 is 2.67 bits per heavy atom. The molecule has 2 heterocycles. The maximum atomic E-state index is 5.66. The number of anilines is 1. The van der Waals surface area contributed by atoms with Crippen LogP contribution in [0.2, 0.25) is 0 Å². The highest BCUT2D eigenvalue weighted by Gasteiger charge is 2.10. The van der Waals surface area contributed by atoms with Gasteiger partial charge in [-0.05, 0) is 32.0 Å². The lowest BCUT2D eigenvalue weighted by Gasteiger charge is -2.05. The lowest BCUT2D eigenvalue weighted by molar-refractivity contribution is 1.10. The number of pyridine rings is 1. The fourth-order valence-electron chi connectivity index (χ4n) is 1.99. The summed E-state index contributed by atoms with van der Waals surface area (Å²) in [6.07, 6.45) is 0. The van der Waals surface area contributed by atoms with Crippen molar-refractivity contribution in [1.82, 2.24) is 15.2 Å². The maximum Gasteiger partial charge on any atom is 0.203 e. The van der Waals surface area contributed by atoms with Gasteiger partial charge in [0.1, 0.15) is 5.01 Å². The van der Waals surface area contributed by atoms with Crippen molar-refractivity contribution >= 4 is 27.4 Å². The summed E-state index contributed by atoms with van der Waals surface area (Å²) >= 11 is 1.40. The van der Waals surface area contributed by atoms with Crippen molar-refractivity contribution in [1.29, 1.82) is 0 Å². The van der Waals surface area contributed by atoms with E-state index < -0.39 is 0 Å². The van der Waals surface area contributed by atoms with Crippen molar-refractivity contribution in [2.45, 2.75) is 13.8 Å². The maximum absolute atomic E-state index is 5.66. The molecule has 0 atom stereocenters.